The number of hydrogen-bond donors (Lipinski definition) is 0. The molecule has 2 aliphatic rings. The Labute approximate surface area is 142 Å². The average molecular weight is 327 g/mol. The Balaban J connectivity index is 1.32. The fraction of sp³-hybridized carbons (Fsp3) is 0.611. The molecule has 128 valence electrons. The Kier molecular flexibility index (Phi) is 4.22. The maximum Gasteiger partial charge on any atom is 0.266 e. The highest BCUT2D eigenvalue weighted by molar-refractivity contribution is 5.00. The van der Waals surface area contributed by atoms with Crippen LogP contribution >= 0.6 is 0 Å². The minimum atomic E-state index is 0.00879. The second-order valence-corrected chi connectivity index (χ2v) is 7.20. The summed E-state index contributed by atoms with van der Waals surface area (Å²) in [6.45, 7) is 5.76. The molecule has 0 N–H and O–H groups in total. The smallest absolute Gasteiger partial charge is 0.266 e. The first-order valence-electron chi connectivity index (χ1n) is 8.98. The van der Waals surface area contributed by atoms with Crippen LogP contribution in [0, 0.1) is 12.8 Å². The van der Waals surface area contributed by atoms with E-state index >= 15 is 0 Å². The van der Waals surface area contributed by atoms with Gasteiger partial charge < -0.3 is 4.57 Å². The van der Waals surface area contributed by atoms with Crippen LogP contribution in [0.3, 0.4) is 0 Å². The number of aromatic nitrogens is 4. The van der Waals surface area contributed by atoms with E-state index in [-0.39, 0.29) is 5.56 Å². The van der Waals surface area contributed by atoms with Crippen molar-refractivity contribution in [3.05, 3.63) is 46.4 Å². The molecule has 3 heterocycles. The molecule has 2 aromatic heterocycles. The fourth-order valence-electron chi connectivity index (χ4n) is 3.60. The van der Waals surface area contributed by atoms with Crippen molar-refractivity contribution in [2.75, 3.05) is 13.1 Å². The zero-order valence-corrected chi connectivity index (χ0v) is 14.3. The predicted octanol–water partition coefficient (Wildman–Crippen LogP) is 2.00. The summed E-state index contributed by atoms with van der Waals surface area (Å²) < 4.78 is 3.98. The fourth-order valence-corrected chi connectivity index (χ4v) is 3.60. The van der Waals surface area contributed by atoms with Crippen LogP contribution in [-0.4, -0.2) is 37.3 Å². The number of piperidine rings is 1. The molecule has 2 aromatic rings. The topological polar surface area (TPSA) is 56.0 Å². The van der Waals surface area contributed by atoms with E-state index in [9.17, 15) is 4.79 Å². The summed E-state index contributed by atoms with van der Waals surface area (Å²) in [6.07, 6.45) is 8.87. The van der Waals surface area contributed by atoms with Gasteiger partial charge in [-0.25, -0.2) is 9.67 Å². The Hall–Kier alpha value is -1.95. The summed E-state index contributed by atoms with van der Waals surface area (Å²) in [5.74, 6) is 1.74. The normalized spacial score (nSPS) is 19.7. The SMILES string of the molecule is Cc1ccc(=O)n(CC2CCN(Cc3nccn3C3CC3)CC2)n1. The van der Waals surface area contributed by atoms with E-state index in [2.05, 4.69) is 25.7 Å². The number of imidazole rings is 1. The molecule has 0 unspecified atom stereocenters. The highest BCUT2D eigenvalue weighted by Crippen LogP contribution is 2.35. The number of likely N-dealkylation sites (tertiary alicyclic amines) is 1. The van der Waals surface area contributed by atoms with Gasteiger partial charge in [-0.05, 0) is 57.7 Å². The molecule has 0 atom stereocenters. The maximum absolute atomic E-state index is 11.9. The molecule has 1 saturated heterocycles. The van der Waals surface area contributed by atoms with E-state index in [1.54, 1.807) is 16.8 Å². The van der Waals surface area contributed by atoms with Gasteiger partial charge in [0.1, 0.15) is 5.82 Å². The monoisotopic (exact) mass is 327 g/mol. The van der Waals surface area contributed by atoms with Crippen LogP contribution in [0.25, 0.3) is 0 Å². The molecule has 1 aliphatic carbocycles. The molecule has 0 aromatic carbocycles. The van der Waals surface area contributed by atoms with Gasteiger partial charge in [0.25, 0.3) is 5.56 Å². The van der Waals surface area contributed by atoms with Gasteiger partial charge in [0.05, 0.1) is 12.2 Å². The Bertz CT molecular complexity index is 753. The zero-order valence-electron chi connectivity index (χ0n) is 14.3. The minimum absolute atomic E-state index is 0.00879. The summed E-state index contributed by atoms with van der Waals surface area (Å²) in [5, 5.41) is 4.36. The molecule has 4 rings (SSSR count). The standard InChI is InChI=1S/C18H25N5O/c1-14-2-5-18(24)23(20-14)12-15-6-9-21(10-7-15)13-17-19-8-11-22(17)16-3-4-16/h2,5,8,11,15-16H,3-4,6-7,9-10,12-13H2,1H3. The Morgan fingerprint density at radius 3 is 2.71 bits per heavy atom. The summed E-state index contributed by atoms with van der Waals surface area (Å²) in [5.41, 5.74) is 0.911. The van der Waals surface area contributed by atoms with Gasteiger partial charge in [-0.1, -0.05) is 0 Å². The second kappa shape index (κ2) is 6.51. The lowest BCUT2D eigenvalue weighted by Crippen LogP contribution is -2.37. The van der Waals surface area contributed by atoms with Gasteiger partial charge in [-0.2, -0.15) is 5.10 Å². The lowest BCUT2D eigenvalue weighted by molar-refractivity contribution is 0.158. The van der Waals surface area contributed by atoms with Crippen molar-refractivity contribution in [2.24, 2.45) is 5.92 Å². The van der Waals surface area contributed by atoms with Gasteiger partial charge in [-0.3, -0.25) is 9.69 Å². The van der Waals surface area contributed by atoms with Crippen LogP contribution < -0.4 is 5.56 Å². The van der Waals surface area contributed by atoms with Crippen LogP contribution in [0.15, 0.2) is 29.3 Å². The molecule has 0 bridgehead atoms. The molecular weight excluding hydrogens is 302 g/mol. The third-order valence-corrected chi connectivity index (χ3v) is 5.19. The van der Waals surface area contributed by atoms with Crippen LogP contribution in [-0.2, 0) is 13.1 Å². The van der Waals surface area contributed by atoms with Crippen LogP contribution in [0.5, 0.6) is 0 Å². The van der Waals surface area contributed by atoms with E-state index in [0.29, 0.717) is 12.0 Å². The van der Waals surface area contributed by atoms with Crippen molar-refractivity contribution >= 4 is 0 Å². The molecule has 24 heavy (non-hydrogen) atoms. The maximum atomic E-state index is 11.9. The van der Waals surface area contributed by atoms with E-state index in [1.165, 1.54) is 18.7 Å². The highest BCUT2D eigenvalue weighted by Gasteiger charge is 2.27. The van der Waals surface area contributed by atoms with E-state index in [0.717, 1.165) is 44.7 Å². The summed E-state index contributed by atoms with van der Waals surface area (Å²) in [4.78, 5) is 18.9. The molecule has 6 nitrogen and oxygen atoms in total. The summed E-state index contributed by atoms with van der Waals surface area (Å²) in [6, 6.07) is 4.10. The predicted molar refractivity (Wildman–Crippen MR) is 91.7 cm³/mol. The second-order valence-electron chi connectivity index (χ2n) is 7.20. The van der Waals surface area contributed by atoms with E-state index in [1.807, 2.05) is 13.1 Å². The first-order valence-corrected chi connectivity index (χ1v) is 8.98. The zero-order chi connectivity index (χ0) is 16.5. The largest absolute Gasteiger partial charge is 0.331 e. The lowest BCUT2D eigenvalue weighted by Gasteiger charge is -2.31. The lowest BCUT2D eigenvalue weighted by atomic mass is 9.97. The third-order valence-electron chi connectivity index (χ3n) is 5.19. The number of rotatable bonds is 5. The van der Waals surface area contributed by atoms with Crippen molar-refractivity contribution in [3.63, 3.8) is 0 Å². The minimum Gasteiger partial charge on any atom is -0.331 e. The molecule has 6 heteroatoms. The summed E-state index contributed by atoms with van der Waals surface area (Å²) >= 11 is 0. The molecule has 2 fully saturated rings. The van der Waals surface area contributed by atoms with E-state index in [4.69, 9.17) is 0 Å². The average Bonchev–Trinajstić information content (AvgIpc) is 3.32. The van der Waals surface area contributed by atoms with Gasteiger partial charge in [0, 0.05) is 31.0 Å². The Morgan fingerprint density at radius 2 is 1.96 bits per heavy atom. The van der Waals surface area contributed by atoms with Crippen molar-refractivity contribution in [1.29, 1.82) is 0 Å². The molecular formula is C18H25N5O. The van der Waals surface area contributed by atoms with Crippen LogP contribution in [0.2, 0.25) is 0 Å². The van der Waals surface area contributed by atoms with Crippen molar-refractivity contribution < 1.29 is 0 Å². The Morgan fingerprint density at radius 1 is 1.17 bits per heavy atom. The van der Waals surface area contributed by atoms with Gasteiger partial charge in [0.2, 0.25) is 0 Å². The van der Waals surface area contributed by atoms with Crippen LogP contribution in [0.4, 0.5) is 0 Å². The highest BCUT2D eigenvalue weighted by atomic mass is 16.1. The molecule has 0 amide bonds. The van der Waals surface area contributed by atoms with E-state index < -0.39 is 0 Å². The number of nitrogens with zero attached hydrogens (tertiary/aromatic N) is 5. The summed E-state index contributed by atoms with van der Waals surface area (Å²) in [7, 11) is 0. The number of aryl methyl sites for hydroxylation is 1. The first-order chi connectivity index (χ1) is 11.7. The molecule has 0 spiro atoms. The molecule has 1 saturated carbocycles. The van der Waals surface area contributed by atoms with Crippen molar-refractivity contribution in [3.8, 4) is 0 Å². The van der Waals surface area contributed by atoms with Gasteiger partial charge in [0.15, 0.2) is 0 Å². The van der Waals surface area contributed by atoms with Crippen LogP contribution in [0.1, 0.15) is 43.2 Å². The quantitative estimate of drug-likeness (QED) is 0.843. The van der Waals surface area contributed by atoms with Gasteiger partial charge in [-0.15, -0.1) is 0 Å². The van der Waals surface area contributed by atoms with Crippen molar-refractivity contribution in [2.45, 2.75) is 51.7 Å². The van der Waals surface area contributed by atoms with Crippen molar-refractivity contribution in [1.82, 2.24) is 24.2 Å². The first kappa shape index (κ1) is 15.6. The third kappa shape index (κ3) is 3.43. The molecule has 0 radical (unpaired) electrons. The number of hydrogen-bond acceptors (Lipinski definition) is 4. The molecule has 1 aliphatic heterocycles. The van der Waals surface area contributed by atoms with Gasteiger partial charge >= 0.3 is 0 Å².